The Bertz CT molecular complexity index is 1790. The topological polar surface area (TPSA) is 64.0 Å². The summed E-state index contributed by atoms with van der Waals surface area (Å²) in [6.45, 7) is 5.96. The van der Waals surface area contributed by atoms with Crippen LogP contribution in [0.25, 0.3) is 22.2 Å². The number of nitrogens with zero attached hydrogens (tertiary/aromatic N) is 2. The van der Waals surface area contributed by atoms with Gasteiger partial charge in [-0.25, -0.2) is 13.8 Å². The number of aromatic nitrogens is 2. The lowest BCUT2D eigenvalue weighted by Crippen LogP contribution is -2.13. The summed E-state index contributed by atoms with van der Waals surface area (Å²) in [5.74, 6) is -3.02. The third kappa shape index (κ3) is 6.73. The normalized spacial score (nSPS) is 10.8. The van der Waals surface area contributed by atoms with E-state index in [1.807, 2.05) is 20.8 Å². The molecule has 0 bridgehead atoms. The van der Waals surface area contributed by atoms with Crippen LogP contribution in [-0.2, 0) is 0 Å². The highest BCUT2D eigenvalue weighted by molar-refractivity contribution is 8.00. The van der Waals surface area contributed by atoms with E-state index in [2.05, 4.69) is 9.71 Å². The van der Waals surface area contributed by atoms with E-state index < -0.39 is 28.9 Å². The summed E-state index contributed by atoms with van der Waals surface area (Å²) >= 11 is 19.9. The molecule has 0 aliphatic rings. The monoisotopic (exact) mass is 659 g/mol. The van der Waals surface area contributed by atoms with Gasteiger partial charge in [-0.15, -0.1) is 0 Å². The number of benzene rings is 3. The van der Waals surface area contributed by atoms with Crippen LogP contribution < -0.4 is 4.72 Å². The highest BCUT2D eigenvalue weighted by atomic mass is 35.5. The fraction of sp³-hybridized carbons (Fsp3) is 0.156. The van der Waals surface area contributed by atoms with Crippen molar-refractivity contribution in [2.45, 2.75) is 27.2 Å². The summed E-state index contributed by atoms with van der Waals surface area (Å²) in [7, 11) is 0. The van der Waals surface area contributed by atoms with Crippen molar-refractivity contribution in [3.05, 3.63) is 116 Å². The Balaban J connectivity index is 0.00000207. The van der Waals surface area contributed by atoms with Gasteiger partial charge in [0, 0.05) is 34.1 Å². The van der Waals surface area contributed by atoms with E-state index in [1.165, 1.54) is 42.5 Å². The van der Waals surface area contributed by atoms with Crippen molar-refractivity contribution in [3.8, 4) is 11.1 Å². The summed E-state index contributed by atoms with van der Waals surface area (Å²) in [6, 6.07) is 15.4. The zero-order chi connectivity index (χ0) is 31.3. The van der Waals surface area contributed by atoms with Gasteiger partial charge in [-0.05, 0) is 54.4 Å². The first kappa shape index (κ1) is 32.5. The molecule has 5 aromatic rings. The van der Waals surface area contributed by atoms with Crippen LogP contribution in [0.2, 0.25) is 15.1 Å². The maximum Gasteiger partial charge on any atom is 0.266 e. The van der Waals surface area contributed by atoms with E-state index in [1.54, 1.807) is 36.4 Å². The van der Waals surface area contributed by atoms with E-state index >= 15 is 8.78 Å². The van der Waals surface area contributed by atoms with Crippen LogP contribution in [0.3, 0.4) is 0 Å². The van der Waals surface area contributed by atoms with Gasteiger partial charge in [-0.2, -0.15) is 0 Å². The van der Waals surface area contributed by atoms with Crippen molar-refractivity contribution in [3.63, 3.8) is 0 Å². The number of hydrogen-bond acceptors (Lipinski definition) is 5. The van der Waals surface area contributed by atoms with Gasteiger partial charge in [0.2, 0.25) is 5.78 Å². The van der Waals surface area contributed by atoms with Crippen LogP contribution in [0.5, 0.6) is 0 Å². The number of fused-ring (bicyclic) bond motifs is 1. The highest BCUT2D eigenvalue weighted by Crippen LogP contribution is 2.33. The number of nitrogens with one attached hydrogen (secondary N) is 1. The van der Waals surface area contributed by atoms with E-state index in [9.17, 15) is 9.59 Å². The molecular weight excluding hydrogens is 635 g/mol. The van der Waals surface area contributed by atoms with Gasteiger partial charge in [0.1, 0.15) is 11.5 Å². The van der Waals surface area contributed by atoms with Gasteiger partial charge in [0.15, 0.2) is 5.82 Å². The second-order valence-corrected chi connectivity index (χ2v) is 11.1. The summed E-state index contributed by atoms with van der Waals surface area (Å²) in [5, 5.41) is 0.922. The van der Waals surface area contributed by atoms with Crippen molar-refractivity contribution in [1.82, 2.24) is 9.55 Å². The number of pyridine rings is 1. The van der Waals surface area contributed by atoms with Crippen LogP contribution in [0, 0.1) is 11.6 Å². The first-order chi connectivity index (χ1) is 20.7. The van der Waals surface area contributed by atoms with Gasteiger partial charge in [-0.3, -0.25) is 14.2 Å². The molecule has 0 saturated heterocycles. The van der Waals surface area contributed by atoms with Crippen LogP contribution in [0.1, 0.15) is 53.5 Å². The van der Waals surface area contributed by atoms with Gasteiger partial charge < -0.3 is 4.72 Å². The van der Waals surface area contributed by atoms with Crippen LogP contribution in [0.15, 0.2) is 73.1 Å². The van der Waals surface area contributed by atoms with Crippen molar-refractivity contribution in [2.75, 3.05) is 10.5 Å². The zero-order valence-electron chi connectivity index (χ0n) is 23.4. The molecule has 0 amide bonds. The Morgan fingerprint density at radius 2 is 1.60 bits per heavy atom. The second kappa shape index (κ2) is 14.4. The molecule has 0 aliphatic heterocycles. The van der Waals surface area contributed by atoms with E-state index in [4.69, 9.17) is 34.8 Å². The summed E-state index contributed by atoms with van der Waals surface area (Å²) in [4.78, 5) is 32.0. The highest BCUT2D eigenvalue weighted by Gasteiger charge is 2.28. The summed E-state index contributed by atoms with van der Waals surface area (Å²) < 4.78 is 34.5. The zero-order valence-corrected chi connectivity index (χ0v) is 26.4. The number of carbonyl (C=O) groups excluding carboxylic acids is 2. The van der Waals surface area contributed by atoms with Gasteiger partial charge in [0.25, 0.3) is 5.91 Å². The number of halogens is 5. The smallest absolute Gasteiger partial charge is 0.266 e. The van der Waals surface area contributed by atoms with Gasteiger partial charge in [-0.1, -0.05) is 85.7 Å². The molecule has 2 heterocycles. The molecule has 5 nitrogen and oxygen atoms in total. The molecule has 0 unspecified atom stereocenters. The largest absolute Gasteiger partial charge is 0.327 e. The molecule has 0 atom stereocenters. The van der Waals surface area contributed by atoms with Crippen molar-refractivity contribution in [1.29, 1.82) is 0 Å². The van der Waals surface area contributed by atoms with Gasteiger partial charge in [0.05, 0.1) is 32.4 Å². The second-order valence-electron chi connectivity index (χ2n) is 8.98. The first-order valence-corrected chi connectivity index (χ1v) is 15.5. The Morgan fingerprint density at radius 3 is 2.26 bits per heavy atom. The Hall–Kier alpha value is -3.43. The molecule has 11 heteroatoms. The predicted molar refractivity (Wildman–Crippen MR) is 174 cm³/mol. The van der Waals surface area contributed by atoms with Crippen LogP contribution >= 0.6 is 46.8 Å². The molecule has 0 radical (unpaired) electrons. The number of hydrogen-bond donors (Lipinski definition) is 1. The molecule has 3 aromatic carbocycles. The number of rotatable bonds is 8. The summed E-state index contributed by atoms with van der Waals surface area (Å²) in [6.07, 6.45) is 3.56. The SMILES string of the molecule is CC.CCCSNc1ccc(F)c(C(=O)c2cn(C(=O)c3c(Cl)cccc3Cl)c3ncc(-c4ccc(Cl)cc4)cc23)c1F. The van der Waals surface area contributed by atoms with E-state index in [0.29, 0.717) is 16.3 Å². The molecule has 0 spiro atoms. The van der Waals surface area contributed by atoms with Crippen LogP contribution in [0.4, 0.5) is 14.5 Å². The van der Waals surface area contributed by atoms with E-state index in [0.717, 1.165) is 22.6 Å². The predicted octanol–water partition coefficient (Wildman–Crippen LogP) is 10.4. The molecule has 0 fully saturated rings. The van der Waals surface area contributed by atoms with Crippen molar-refractivity contribution >= 4 is 75.2 Å². The molecule has 222 valence electrons. The molecule has 1 N–H and O–H groups in total. The number of carbonyl (C=O) groups is 2. The molecule has 5 rings (SSSR count). The third-order valence-electron chi connectivity index (χ3n) is 6.27. The Labute approximate surface area is 267 Å². The lowest BCUT2D eigenvalue weighted by atomic mass is 10.00. The lowest BCUT2D eigenvalue weighted by molar-refractivity contribution is 0.0964. The molecule has 0 saturated carbocycles. The minimum atomic E-state index is -1.04. The standard InChI is InChI=1S/C30H20Cl3F2N3O2S.C2H6/c1-2-12-41-37-24-11-10-23(34)26(27(24)35)28(39)20-15-38(30(40)25-21(32)4-3-5-22(25)33)29-19(20)13-17(14-36-29)16-6-8-18(31)9-7-16;1-2/h3-11,13-15,37H,2,12H2,1H3;1-2H3. The lowest BCUT2D eigenvalue weighted by Gasteiger charge is -2.10. The maximum absolute atomic E-state index is 15.5. The fourth-order valence-corrected chi connectivity index (χ4v) is 5.58. The molecule has 43 heavy (non-hydrogen) atoms. The summed E-state index contributed by atoms with van der Waals surface area (Å²) in [5.41, 5.74) is 0.481. The quantitative estimate of drug-likeness (QED) is 0.102. The Morgan fingerprint density at radius 1 is 0.930 bits per heavy atom. The van der Waals surface area contributed by atoms with E-state index in [-0.39, 0.29) is 37.9 Å². The molecule has 2 aromatic heterocycles. The average molecular weight is 661 g/mol. The fourth-order valence-electron chi connectivity index (χ4n) is 4.27. The number of anilines is 1. The third-order valence-corrected chi connectivity index (χ3v) is 8.13. The minimum absolute atomic E-state index is 0.00758. The molecular formula is C32H26Cl3F2N3O2S. The molecule has 0 aliphatic carbocycles. The average Bonchev–Trinajstić information content (AvgIpc) is 3.38. The minimum Gasteiger partial charge on any atom is -0.327 e. The van der Waals surface area contributed by atoms with Crippen molar-refractivity contribution in [2.24, 2.45) is 0 Å². The van der Waals surface area contributed by atoms with Crippen LogP contribution in [-0.4, -0.2) is 27.0 Å². The number of ketones is 1. The maximum atomic E-state index is 15.5. The van der Waals surface area contributed by atoms with Gasteiger partial charge >= 0.3 is 0 Å². The van der Waals surface area contributed by atoms with Crippen molar-refractivity contribution < 1.29 is 18.4 Å². The first-order valence-electron chi connectivity index (χ1n) is 13.4. The Kier molecular flexibility index (Phi) is 10.8.